The molecule has 8 atom stereocenters. The summed E-state index contributed by atoms with van der Waals surface area (Å²) in [6, 6.07) is 3.80. The fourth-order valence-electron chi connectivity index (χ4n) is 4.51. The van der Waals surface area contributed by atoms with E-state index in [0.29, 0.717) is 5.56 Å². The first-order chi connectivity index (χ1) is 17.2. The molecule has 0 unspecified atom stereocenters. The van der Waals surface area contributed by atoms with Crippen molar-refractivity contribution < 1.29 is 40.1 Å². The second kappa shape index (κ2) is 10.7. The number of aryl methyl sites for hydroxylation is 1. The minimum Gasteiger partial charge on any atom is -0.394 e. The van der Waals surface area contributed by atoms with Crippen molar-refractivity contribution in [2.75, 3.05) is 13.2 Å². The molecule has 2 fully saturated rings. The lowest BCUT2D eigenvalue weighted by Crippen LogP contribution is -2.43. The number of pyridine rings is 1. The molecule has 0 spiro atoms. The van der Waals surface area contributed by atoms with Crippen LogP contribution >= 0.6 is 0 Å². The lowest BCUT2D eigenvalue weighted by atomic mass is 10.0. The Balaban J connectivity index is 1.49. The van der Waals surface area contributed by atoms with Crippen LogP contribution in [-0.4, -0.2) is 94.2 Å². The van der Waals surface area contributed by atoms with Gasteiger partial charge in [-0.15, -0.1) is 0 Å². The number of hydrogen-bond acceptors (Lipinski definition) is 11. The van der Waals surface area contributed by atoms with E-state index in [1.54, 1.807) is 0 Å². The van der Waals surface area contributed by atoms with E-state index in [1.807, 2.05) is 0 Å². The number of nitrogens with zero attached hydrogens (tertiary/aromatic N) is 3. The van der Waals surface area contributed by atoms with Gasteiger partial charge in [0.05, 0.1) is 13.2 Å². The smallest absolute Gasteiger partial charge is 0.333 e. The third kappa shape index (κ3) is 4.81. The lowest BCUT2D eigenvalue weighted by molar-refractivity contribution is -0.0556. The predicted octanol–water partition coefficient (Wildman–Crippen LogP) is -3.97. The van der Waals surface area contributed by atoms with Gasteiger partial charge >= 0.3 is 5.69 Å². The van der Waals surface area contributed by atoms with Crippen molar-refractivity contribution in [3.8, 4) is 0 Å². The van der Waals surface area contributed by atoms with Gasteiger partial charge in [-0.25, -0.2) is 4.79 Å². The molecule has 14 heteroatoms. The van der Waals surface area contributed by atoms with Gasteiger partial charge in [-0.3, -0.25) is 18.7 Å². The van der Waals surface area contributed by atoms with Crippen molar-refractivity contribution in [3.05, 3.63) is 67.3 Å². The molecule has 4 rings (SSSR count). The Labute approximate surface area is 203 Å². The Morgan fingerprint density at radius 3 is 2.08 bits per heavy atom. The summed E-state index contributed by atoms with van der Waals surface area (Å²) in [7, 11) is 0. The van der Waals surface area contributed by atoms with Gasteiger partial charge in [0, 0.05) is 37.6 Å². The Bertz CT molecular complexity index is 1240. The minimum absolute atomic E-state index is 0.0855. The Morgan fingerprint density at radius 1 is 0.778 bits per heavy atom. The fraction of sp³-hybridized carbons (Fsp3) is 0.591. The van der Waals surface area contributed by atoms with E-state index in [2.05, 4.69) is 0 Å². The average molecular weight is 511 g/mol. The molecule has 14 nitrogen and oxygen atoms in total. The number of aliphatic hydroxyl groups is 6. The van der Waals surface area contributed by atoms with Crippen LogP contribution in [0.3, 0.4) is 0 Å². The van der Waals surface area contributed by atoms with Gasteiger partial charge in [0.15, 0.2) is 6.23 Å². The quantitative estimate of drug-likeness (QED) is 0.202. The van der Waals surface area contributed by atoms with Gasteiger partial charge in [-0.05, 0) is 18.1 Å². The third-order valence-corrected chi connectivity index (χ3v) is 6.54. The van der Waals surface area contributed by atoms with Gasteiger partial charge < -0.3 is 44.7 Å². The molecule has 0 radical (unpaired) electrons. The summed E-state index contributed by atoms with van der Waals surface area (Å²) in [5.41, 5.74) is -1.39. The summed E-state index contributed by atoms with van der Waals surface area (Å²) in [6.45, 7) is -1.05. The van der Waals surface area contributed by atoms with E-state index in [0.717, 1.165) is 21.4 Å². The molecule has 0 aromatic carbocycles. The molecular formula is C22H29N3O11. The molecular weight excluding hydrogens is 482 g/mol. The number of aliphatic hydroxyl groups excluding tert-OH is 6. The van der Waals surface area contributed by atoms with Crippen molar-refractivity contribution in [1.82, 2.24) is 13.7 Å². The maximum Gasteiger partial charge on any atom is 0.333 e. The summed E-state index contributed by atoms with van der Waals surface area (Å²) in [5.74, 6) is 0. The monoisotopic (exact) mass is 511 g/mol. The maximum absolute atomic E-state index is 12.9. The highest BCUT2D eigenvalue weighted by Crippen LogP contribution is 2.33. The third-order valence-electron chi connectivity index (χ3n) is 6.54. The lowest BCUT2D eigenvalue weighted by Gasteiger charge is -2.19. The number of aromatic nitrogens is 3. The van der Waals surface area contributed by atoms with Crippen LogP contribution in [0.25, 0.3) is 0 Å². The highest BCUT2D eigenvalue weighted by atomic mass is 16.6. The van der Waals surface area contributed by atoms with Crippen molar-refractivity contribution in [2.45, 2.75) is 68.5 Å². The Morgan fingerprint density at radius 2 is 1.44 bits per heavy atom. The highest BCUT2D eigenvalue weighted by Gasteiger charge is 2.44. The zero-order valence-electron chi connectivity index (χ0n) is 19.1. The van der Waals surface area contributed by atoms with Gasteiger partial charge in [0.1, 0.15) is 42.7 Å². The zero-order chi connectivity index (χ0) is 26.1. The number of ether oxygens (including phenoxy) is 2. The SMILES string of the molecule is O=c1ccc([C@@H]2O[C@H](CO)[C@@H](O)[C@H]2O)cn1CCCn1c(=O)ccn([C@@H]2O[C@H](CO)[C@@H](O)[C@H]2O)c1=O. The van der Waals surface area contributed by atoms with Crippen LogP contribution in [0.1, 0.15) is 24.3 Å². The molecule has 2 aliphatic rings. The topological polar surface area (TPSA) is 206 Å². The van der Waals surface area contributed by atoms with E-state index < -0.39 is 73.4 Å². The summed E-state index contributed by atoms with van der Waals surface area (Å²) in [4.78, 5) is 37.6. The van der Waals surface area contributed by atoms with Crippen LogP contribution in [0, 0.1) is 0 Å². The molecule has 0 bridgehead atoms. The van der Waals surface area contributed by atoms with Crippen LogP contribution in [0.2, 0.25) is 0 Å². The highest BCUT2D eigenvalue weighted by molar-refractivity contribution is 5.17. The Hall–Kier alpha value is -2.69. The van der Waals surface area contributed by atoms with Crippen LogP contribution in [-0.2, 0) is 22.6 Å². The summed E-state index contributed by atoms with van der Waals surface area (Å²) < 4.78 is 14.0. The second-order valence-electron chi connectivity index (χ2n) is 8.83. The standard InChI is InChI=1S/C22H29N3O11/c26-9-12-16(30)18(32)20(35-12)11-2-3-14(28)23(8-11)5-1-6-24-15(29)4-7-25(22(24)34)21-19(33)17(31)13(10-27)36-21/h2-4,7-8,12-13,16-21,26-27,30-33H,1,5-6,9-10H2/t12-,13-,16-,17-,18-,19-,20+,21-/m1/s1. The van der Waals surface area contributed by atoms with Crippen LogP contribution < -0.4 is 16.8 Å². The molecule has 2 aromatic heterocycles. The molecule has 0 aliphatic carbocycles. The second-order valence-corrected chi connectivity index (χ2v) is 8.83. The first-order valence-electron chi connectivity index (χ1n) is 11.4. The molecule has 2 aromatic rings. The number of hydrogen-bond donors (Lipinski definition) is 6. The molecule has 2 aliphatic heterocycles. The molecule has 198 valence electrons. The van der Waals surface area contributed by atoms with Crippen LogP contribution in [0.4, 0.5) is 0 Å². The van der Waals surface area contributed by atoms with E-state index in [4.69, 9.17) is 9.47 Å². The van der Waals surface area contributed by atoms with Crippen molar-refractivity contribution in [1.29, 1.82) is 0 Å². The zero-order valence-corrected chi connectivity index (χ0v) is 19.1. The minimum atomic E-state index is -1.50. The van der Waals surface area contributed by atoms with Crippen LogP contribution in [0.5, 0.6) is 0 Å². The molecule has 4 heterocycles. The van der Waals surface area contributed by atoms with E-state index in [-0.39, 0.29) is 25.1 Å². The fourth-order valence-corrected chi connectivity index (χ4v) is 4.51. The summed E-state index contributed by atoms with van der Waals surface area (Å²) >= 11 is 0. The molecule has 2 saturated heterocycles. The van der Waals surface area contributed by atoms with Gasteiger partial charge in [0.25, 0.3) is 11.1 Å². The maximum atomic E-state index is 12.9. The van der Waals surface area contributed by atoms with E-state index >= 15 is 0 Å². The van der Waals surface area contributed by atoms with Crippen molar-refractivity contribution in [2.24, 2.45) is 0 Å². The largest absolute Gasteiger partial charge is 0.394 e. The number of rotatable bonds is 8. The van der Waals surface area contributed by atoms with Crippen molar-refractivity contribution >= 4 is 0 Å². The molecule has 0 saturated carbocycles. The van der Waals surface area contributed by atoms with E-state index in [9.17, 15) is 45.0 Å². The average Bonchev–Trinajstić information content (AvgIpc) is 3.32. The Kier molecular flexibility index (Phi) is 7.87. The van der Waals surface area contributed by atoms with Crippen molar-refractivity contribution in [3.63, 3.8) is 0 Å². The molecule has 6 N–H and O–H groups in total. The first kappa shape index (κ1) is 26.4. The predicted molar refractivity (Wildman–Crippen MR) is 120 cm³/mol. The van der Waals surface area contributed by atoms with Gasteiger partial charge in [0.2, 0.25) is 0 Å². The summed E-state index contributed by atoms with van der Waals surface area (Å²) in [6.07, 6.45) is -7.06. The van der Waals surface area contributed by atoms with Gasteiger partial charge in [-0.2, -0.15) is 0 Å². The van der Waals surface area contributed by atoms with Gasteiger partial charge in [-0.1, -0.05) is 0 Å². The van der Waals surface area contributed by atoms with Crippen LogP contribution in [0.15, 0.2) is 45.0 Å². The first-order valence-corrected chi connectivity index (χ1v) is 11.4. The normalized spacial score (nSPS) is 32.3. The van der Waals surface area contributed by atoms with E-state index in [1.165, 1.54) is 22.9 Å². The molecule has 0 amide bonds. The summed E-state index contributed by atoms with van der Waals surface area (Å²) in [5, 5.41) is 58.9. The molecule has 36 heavy (non-hydrogen) atoms.